The van der Waals surface area contributed by atoms with Crippen LogP contribution in [0.4, 0.5) is 0 Å². The van der Waals surface area contributed by atoms with E-state index in [1.807, 2.05) is 6.92 Å². The van der Waals surface area contributed by atoms with E-state index in [0.29, 0.717) is 6.04 Å². The van der Waals surface area contributed by atoms with E-state index < -0.39 is 0 Å². The summed E-state index contributed by atoms with van der Waals surface area (Å²) in [5, 5.41) is 3.51. The Morgan fingerprint density at radius 1 is 1.29 bits per heavy atom. The Bertz CT molecular complexity index is 703. The molecular weight excluding hydrogens is 350 g/mol. The van der Waals surface area contributed by atoms with Gasteiger partial charge in [0, 0.05) is 44.5 Å². The summed E-state index contributed by atoms with van der Waals surface area (Å²) < 4.78 is 5.56. The number of nitrogens with one attached hydrogen (secondary N) is 1. The van der Waals surface area contributed by atoms with Crippen molar-refractivity contribution in [1.82, 2.24) is 20.1 Å². The number of allylic oxidation sites excluding steroid dienone is 2. The number of aliphatic imine (C=N–C) groups is 1. The number of hydrogen-bond donors (Lipinski definition) is 1. The Morgan fingerprint density at radius 2 is 2.04 bits per heavy atom. The molecule has 0 amide bonds. The summed E-state index contributed by atoms with van der Waals surface area (Å²) in [4.78, 5) is 14.8. The molecule has 154 valence electrons. The van der Waals surface area contributed by atoms with Crippen molar-refractivity contribution in [1.29, 1.82) is 0 Å². The number of pyridine rings is 1. The lowest BCUT2D eigenvalue weighted by molar-refractivity contribution is 0.0681. The van der Waals surface area contributed by atoms with Gasteiger partial charge in [-0.2, -0.15) is 0 Å². The van der Waals surface area contributed by atoms with E-state index in [1.165, 1.54) is 5.56 Å². The predicted molar refractivity (Wildman–Crippen MR) is 115 cm³/mol. The van der Waals surface area contributed by atoms with Crippen molar-refractivity contribution in [2.75, 3.05) is 45.9 Å². The number of morpholine rings is 1. The van der Waals surface area contributed by atoms with Crippen molar-refractivity contribution < 1.29 is 4.74 Å². The summed E-state index contributed by atoms with van der Waals surface area (Å²) in [6.07, 6.45) is 3.00. The SMILES string of the molecule is C/C=C(/C)N=C(c1nc(CN2CC(NCC)C2)ccc1CC)N1CCOCC1. The first-order valence-corrected chi connectivity index (χ1v) is 10.6. The largest absolute Gasteiger partial charge is 0.378 e. The van der Waals surface area contributed by atoms with Crippen LogP contribution < -0.4 is 5.32 Å². The van der Waals surface area contributed by atoms with Gasteiger partial charge in [0.2, 0.25) is 0 Å². The van der Waals surface area contributed by atoms with Crippen LogP contribution in [0.15, 0.2) is 28.9 Å². The van der Waals surface area contributed by atoms with Crippen LogP contribution in [0.3, 0.4) is 0 Å². The maximum Gasteiger partial charge on any atom is 0.155 e. The van der Waals surface area contributed by atoms with Gasteiger partial charge in [-0.25, -0.2) is 9.98 Å². The predicted octanol–water partition coefficient (Wildman–Crippen LogP) is 2.44. The lowest BCUT2D eigenvalue weighted by atomic mass is 10.1. The van der Waals surface area contributed by atoms with E-state index in [4.69, 9.17) is 14.7 Å². The summed E-state index contributed by atoms with van der Waals surface area (Å²) in [5.74, 6) is 0.992. The molecule has 1 N–H and O–H groups in total. The van der Waals surface area contributed by atoms with Gasteiger partial charge in [-0.05, 0) is 38.4 Å². The number of likely N-dealkylation sites (N-methyl/N-ethyl adjacent to an activating group) is 1. The van der Waals surface area contributed by atoms with E-state index >= 15 is 0 Å². The minimum absolute atomic E-state index is 0.627. The molecule has 6 nitrogen and oxygen atoms in total. The second kappa shape index (κ2) is 10.1. The van der Waals surface area contributed by atoms with Gasteiger partial charge in [0.15, 0.2) is 5.84 Å². The molecule has 3 heterocycles. The lowest BCUT2D eigenvalue weighted by Crippen LogP contribution is -2.57. The van der Waals surface area contributed by atoms with Gasteiger partial charge in [0.05, 0.1) is 18.9 Å². The normalized spacial score (nSPS) is 19.8. The number of nitrogens with zero attached hydrogens (tertiary/aromatic N) is 4. The fourth-order valence-corrected chi connectivity index (χ4v) is 3.72. The summed E-state index contributed by atoms with van der Waals surface area (Å²) in [5.41, 5.74) is 4.44. The first kappa shape index (κ1) is 21.0. The van der Waals surface area contributed by atoms with Crippen LogP contribution >= 0.6 is 0 Å². The minimum Gasteiger partial charge on any atom is -0.378 e. The number of rotatable bonds is 7. The Kier molecular flexibility index (Phi) is 7.59. The van der Waals surface area contributed by atoms with Crippen molar-refractivity contribution in [2.45, 2.75) is 46.7 Å². The van der Waals surface area contributed by atoms with E-state index in [1.54, 1.807) is 0 Å². The summed E-state index contributed by atoms with van der Waals surface area (Å²) in [7, 11) is 0. The Balaban J connectivity index is 1.85. The average molecular weight is 386 g/mol. The molecular formula is C22H35N5O. The quantitative estimate of drug-likeness (QED) is 0.577. The smallest absolute Gasteiger partial charge is 0.155 e. The second-order valence-electron chi connectivity index (χ2n) is 7.58. The third-order valence-electron chi connectivity index (χ3n) is 5.48. The van der Waals surface area contributed by atoms with Crippen molar-refractivity contribution in [3.8, 4) is 0 Å². The number of hydrogen-bond acceptors (Lipinski definition) is 5. The highest BCUT2D eigenvalue weighted by Crippen LogP contribution is 2.18. The lowest BCUT2D eigenvalue weighted by Gasteiger charge is -2.39. The maximum atomic E-state index is 5.56. The Labute approximate surface area is 169 Å². The number of amidine groups is 1. The molecule has 2 aliphatic heterocycles. The fraction of sp³-hybridized carbons (Fsp3) is 0.636. The number of ether oxygens (including phenoxy) is 1. The highest BCUT2D eigenvalue weighted by atomic mass is 16.5. The van der Waals surface area contributed by atoms with Crippen LogP contribution in [-0.2, 0) is 17.7 Å². The Morgan fingerprint density at radius 3 is 2.68 bits per heavy atom. The number of likely N-dealkylation sites (tertiary alicyclic amines) is 1. The average Bonchev–Trinajstić information content (AvgIpc) is 2.71. The standard InChI is InChI=1S/C22H35N5O/c1-5-17(4)24-22(27-10-12-28-13-11-27)21-18(6-2)8-9-19(25-21)14-26-15-20(16-26)23-7-3/h5,8-9,20,23H,6-7,10-16H2,1-4H3/b17-5-,24-22?. The van der Waals surface area contributed by atoms with Crippen molar-refractivity contribution in [3.05, 3.63) is 40.9 Å². The van der Waals surface area contributed by atoms with Crippen LogP contribution in [0.25, 0.3) is 0 Å². The topological polar surface area (TPSA) is 53.0 Å². The van der Waals surface area contributed by atoms with Gasteiger partial charge in [-0.3, -0.25) is 4.90 Å². The van der Waals surface area contributed by atoms with Crippen LogP contribution in [0, 0.1) is 0 Å². The van der Waals surface area contributed by atoms with Crippen LogP contribution in [0.1, 0.15) is 44.6 Å². The molecule has 1 aromatic rings. The number of aryl methyl sites for hydroxylation is 1. The molecule has 0 unspecified atom stereocenters. The zero-order valence-corrected chi connectivity index (χ0v) is 17.9. The van der Waals surface area contributed by atoms with Gasteiger partial charge in [0.1, 0.15) is 5.69 Å². The van der Waals surface area contributed by atoms with E-state index in [0.717, 1.165) is 81.8 Å². The highest BCUT2D eigenvalue weighted by Gasteiger charge is 2.26. The van der Waals surface area contributed by atoms with E-state index in [-0.39, 0.29) is 0 Å². The molecule has 0 bridgehead atoms. The van der Waals surface area contributed by atoms with Crippen LogP contribution in [0.5, 0.6) is 0 Å². The molecule has 2 saturated heterocycles. The third-order valence-corrected chi connectivity index (χ3v) is 5.48. The van der Waals surface area contributed by atoms with Crippen LogP contribution in [-0.4, -0.2) is 72.6 Å². The molecule has 1 aromatic heterocycles. The minimum atomic E-state index is 0.627. The van der Waals surface area contributed by atoms with Gasteiger partial charge in [-0.1, -0.05) is 26.0 Å². The Hall–Kier alpha value is -1.76. The molecule has 0 atom stereocenters. The first-order valence-electron chi connectivity index (χ1n) is 10.6. The summed E-state index contributed by atoms with van der Waals surface area (Å²) in [6, 6.07) is 5.05. The van der Waals surface area contributed by atoms with Crippen molar-refractivity contribution in [2.24, 2.45) is 4.99 Å². The molecule has 6 heteroatoms. The third kappa shape index (κ3) is 5.19. The van der Waals surface area contributed by atoms with Crippen LogP contribution in [0.2, 0.25) is 0 Å². The highest BCUT2D eigenvalue weighted by molar-refractivity contribution is 5.99. The van der Waals surface area contributed by atoms with Gasteiger partial charge in [-0.15, -0.1) is 0 Å². The fourth-order valence-electron chi connectivity index (χ4n) is 3.72. The zero-order chi connectivity index (χ0) is 19.9. The molecule has 0 saturated carbocycles. The zero-order valence-electron chi connectivity index (χ0n) is 17.9. The number of aromatic nitrogens is 1. The molecule has 0 spiro atoms. The molecule has 2 aliphatic rings. The molecule has 2 fully saturated rings. The van der Waals surface area contributed by atoms with E-state index in [2.05, 4.69) is 54.1 Å². The summed E-state index contributed by atoms with van der Waals surface area (Å²) >= 11 is 0. The van der Waals surface area contributed by atoms with Crippen molar-refractivity contribution >= 4 is 5.84 Å². The van der Waals surface area contributed by atoms with E-state index in [9.17, 15) is 0 Å². The molecule has 3 rings (SSSR count). The second-order valence-corrected chi connectivity index (χ2v) is 7.58. The molecule has 28 heavy (non-hydrogen) atoms. The van der Waals surface area contributed by atoms with Gasteiger partial charge >= 0.3 is 0 Å². The molecule has 0 aliphatic carbocycles. The maximum absolute atomic E-state index is 5.56. The first-order chi connectivity index (χ1) is 13.6. The monoisotopic (exact) mass is 385 g/mol. The van der Waals surface area contributed by atoms with Gasteiger partial charge in [0.25, 0.3) is 0 Å². The summed E-state index contributed by atoms with van der Waals surface area (Å²) in [6.45, 7) is 15.8. The molecule has 0 radical (unpaired) electrons. The van der Waals surface area contributed by atoms with Gasteiger partial charge < -0.3 is 15.0 Å². The molecule has 0 aromatic carbocycles. The van der Waals surface area contributed by atoms with Crippen molar-refractivity contribution in [3.63, 3.8) is 0 Å².